The summed E-state index contributed by atoms with van der Waals surface area (Å²) in [5, 5.41) is 25.3. The molecule has 0 radical (unpaired) electrons. The van der Waals surface area contributed by atoms with Crippen molar-refractivity contribution < 1.29 is 10.0 Å². The number of nitrogens with zero attached hydrogens (tertiary/aromatic N) is 2. The number of hydrogen-bond donors (Lipinski definition) is 3. The van der Waals surface area contributed by atoms with E-state index in [4.69, 9.17) is 5.11 Å². The van der Waals surface area contributed by atoms with Gasteiger partial charge in [0.1, 0.15) is 11.6 Å². The van der Waals surface area contributed by atoms with Gasteiger partial charge in [-0.15, -0.1) is 0 Å². The van der Waals surface area contributed by atoms with Crippen LogP contribution in [0.3, 0.4) is 0 Å². The number of anilines is 2. The van der Waals surface area contributed by atoms with Gasteiger partial charge in [0.25, 0.3) is 5.69 Å². The van der Waals surface area contributed by atoms with Crippen LogP contribution in [0.1, 0.15) is 6.92 Å². The minimum absolute atomic E-state index is 0.0487. The quantitative estimate of drug-likeness (QED) is 0.507. The smallest absolute Gasteiger partial charge is 0.276 e. The van der Waals surface area contributed by atoms with Crippen molar-refractivity contribution in [3.8, 4) is 0 Å². The average molecular weight is 226 g/mol. The van der Waals surface area contributed by atoms with Gasteiger partial charge in [-0.2, -0.15) is 0 Å². The first kappa shape index (κ1) is 12.2. The molecule has 1 aromatic rings. The summed E-state index contributed by atoms with van der Waals surface area (Å²) in [6.07, 6.45) is -0.543. The SMILES string of the molecule is CNc1cc([N+](=O)[O-])cc(NCC(C)O)n1. The van der Waals surface area contributed by atoms with Crippen LogP contribution in [0.2, 0.25) is 0 Å². The zero-order valence-corrected chi connectivity index (χ0v) is 9.10. The summed E-state index contributed by atoms with van der Waals surface area (Å²) in [5.41, 5.74) is -0.0487. The minimum atomic E-state index is -0.543. The fourth-order valence-corrected chi connectivity index (χ4v) is 1.09. The molecule has 1 unspecified atom stereocenters. The van der Waals surface area contributed by atoms with E-state index in [-0.39, 0.29) is 12.2 Å². The van der Waals surface area contributed by atoms with Crippen LogP contribution in [0.4, 0.5) is 17.3 Å². The number of aliphatic hydroxyl groups excluding tert-OH is 1. The van der Waals surface area contributed by atoms with Gasteiger partial charge in [-0.3, -0.25) is 10.1 Å². The normalized spacial score (nSPS) is 11.9. The summed E-state index contributed by atoms with van der Waals surface area (Å²) in [6.45, 7) is 1.90. The molecule has 16 heavy (non-hydrogen) atoms. The van der Waals surface area contributed by atoms with Crippen molar-refractivity contribution in [1.82, 2.24) is 4.98 Å². The van der Waals surface area contributed by atoms with Crippen molar-refractivity contribution in [3.05, 3.63) is 22.2 Å². The Morgan fingerprint density at radius 2 is 2.19 bits per heavy atom. The van der Waals surface area contributed by atoms with E-state index >= 15 is 0 Å². The standard InChI is InChI=1S/C9H14N4O3/c1-6(14)5-11-9-4-7(13(15)16)3-8(10-2)12-9/h3-4,6,14H,5H2,1-2H3,(H2,10,11,12). The van der Waals surface area contributed by atoms with Gasteiger partial charge in [0.2, 0.25) is 0 Å². The minimum Gasteiger partial charge on any atom is -0.392 e. The lowest BCUT2D eigenvalue weighted by atomic mass is 10.3. The summed E-state index contributed by atoms with van der Waals surface area (Å²) in [6, 6.07) is 2.66. The number of nitro groups is 1. The molecule has 0 aromatic carbocycles. The Morgan fingerprint density at radius 3 is 2.69 bits per heavy atom. The van der Waals surface area contributed by atoms with Crippen LogP contribution in [-0.4, -0.2) is 34.7 Å². The summed E-state index contributed by atoms with van der Waals surface area (Å²) < 4.78 is 0. The molecule has 1 atom stereocenters. The fourth-order valence-electron chi connectivity index (χ4n) is 1.09. The van der Waals surface area contributed by atoms with Gasteiger partial charge in [-0.1, -0.05) is 0 Å². The molecule has 3 N–H and O–H groups in total. The number of nitrogens with one attached hydrogen (secondary N) is 2. The van der Waals surface area contributed by atoms with Crippen LogP contribution >= 0.6 is 0 Å². The highest BCUT2D eigenvalue weighted by Gasteiger charge is 2.10. The topological polar surface area (TPSA) is 100 Å². The maximum absolute atomic E-state index is 10.6. The Bertz CT molecular complexity index is 381. The molecule has 1 aromatic heterocycles. The van der Waals surface area contributed by atoms with Gasteiger partial charge in [-0.25, -0.2) is 4.98 Å². The molecule has 0 saturated heterocycles. The zero-order valence-electron chi connectivity index (χ0n) is 9.10. The molecule has 0 aliphatic rings. The van der Waals surface area contributed by atoms with Crippen LogP contribution in [0.5, 0.6) is 0 Å². The second-order valence-corrected chi connectivity index (χ2v) is 3.33. The van der Waals surface area contributed by atoms with Crippen molar-refractivity contribution in [1.29, 1.82) is 0 Å². The third kappa shape index (κ3) is 3.35. The molecular formula is C9H14N4O3. The molecule has 0 aliphatic heterocycles. The monoisotopic (exact) mass is 226 g/mol. The van der Waals surface area contributed by atoms with Crippen molar-refractivity contribution in [2.24, 2.45) is 0 Å². The molecule has 1 rings (SSSR count). The van der Waals surface area contributed by atoms with Gasteiger partial charge in [0, 0.05) is 13.6 Å². The highest BCUT2D eigenvalue weighted by molar-refractivity contribution is 5.54. The van der Waals surface area contributed by atoms with Crippen molar-refractivity contribution >= 4 is 17.3 Å². The maximum atomic E-state index is 10.6. The third-order valence-corrected chi connectivity index (χ3v) is 1.86. The first-order valence-corrected chi connectivity index (χ1v) is 4.79. The Balaban J connectivity index is 2.90. The number of rotatable bonds is 5. The fraction of sp³-hybridized carbons (Fsp3) is 0.444. The molecule has 0 fully saturated rings. The van der Waals surface area contributed by atoms with Crippen molar-refractivity contribution in [2.45, 2.75) is 13.0 Å². The van der Waals surface area contributed by atoms with E-state index in [0.717, 1.165) is 0 Å². The molecule has 0 aliphatic carbocycles. The summed E-state index contributed by atoms with van der Waals surface area (Å²) in [5.74, 6) is 0.766. The number of hydrogen-bond acceptors (Lipinski definition) is 6. The lowest BCUT2D eigenvalue weighted by molar-refractivity contribution is -0.384. The van der Waals surface area contributed by atoms with E-state index in [9.17, 15) is 10.1 Å². The second-order valence-electron chi connectivity index (χ2n) is 3.33. The lowest BCUT2D eigenvalue weighted by Crippen LogP contribution is -2.16. The molecule has 0 saturated carbocycles. The summed E-state index contributed by atoms with van der Waals surface area (Å²) in [4.78, 5) is 14.2. The molecule has 88 valence electrons. The van der Waals surface area contributed by atoms with Gasteiger partial charge < -0.3 is 15.7 Å². The predicted molar refractivity (Wildman–Crippen MR) is 60.6 cm³/mol. The van der Waals surface area contributed by atoms with Crippen LogP contribution < -0.4 is 10.6 Å². The van der Waals surface area contributed by atoms with Gasteiger partial charge in [0.05, 0.1) is 23.2 Å². The van der Waals surface area contributed by atoms with E-state index in [2.05, 4.69) is 15.6 Å². The molecule has 7 nitrogen and oxygen atoms in total. The highest BCUT2D eigenvalue weighted by atomic mass is 16.6. The van der Waals surface area contributed by atoms with E-state index in [0.29, 0.717) is 11.6 Å². The van der Waals surface area contributed by atoms with E-state index in [1.54, 1.807) is 14.0 Å². The Labute approximate surface area is 92.7 Å². The van der Waals surface area contributed by atoms with Crippen molar-refractivity contribution in [2.75, 3.05) is 24.2 Å². The van der Waals surface area contributed by atoms with Crippen LogP contribution in [0, 0.1) is 10.1 Å². The first-order chi connectivity index (χ1) is 7.52. The van der Waals surface area contributed by atoms with Gasteiger partial charge >= 0.3 is 0 Å². The van der Waals surface area contributed by atoms with E-state index in [1.165, 1.54) is 12.1 Å². The van der Waals surface area contributed by atoms with Gasteiger partial charge in [-0.05, 0) is 6.92 Å². The Kier molecular flexibility index (Phi) is 4.01. The first-order valence-electron chi connectivity index (χ1n) is 4.79. The van der Waals surface area contributed by atoms with Crippen LogP contribution in [0.15, 0.2) is 12.1 Å². The average Bonchev–Trinajstić information content (AvgIpc) is 2.25. The molecule has 7 heteroatoms. The lowest BCUT2D eigenvalue weighted by Gasteiger charge is -2.08. The molecule has 1 heterocycles. The predicted octanol–water partition coefficient (Wildman–Crippen LogP) is 0.824. The van der Waals surface area contributed by atoms with E-state index in [1.807, 2.05) is 0 Å². The zero-order chi connectivity index (χ0) is 12.1. The molecule has 0 bridgehead atoms. The highest BCUT2D eigenvalue weighted by Crippen LogP contribution is 2.20. The van der Waals surface area contributed by atoms with Crippen molar-refractivity contribution in [3.63, 3.8) is 0 Å². The van der Waals surface area contributed by atoms with Crippen LogP contribution in [-0.2, 0) is 0 Å². The molecule has 0 spiro atoms. The Morgan fingerprint density at radius 1 is 1.56 bits per heavy atom. The molecule has 0 amide bonds. The number of pyridine rings is 1. The number of aliphatic hydroxyl groups is 1. The third-order valence-electron chi connectivity index (χ3n) is 1.86. The maximum Gasteiger partial charge on any atom is 0.276 e. The largest absolute Gasteiger partial charge is 0.392 e. The summed E-state index contributed by atoms with van der Waals surface area (Å²) >= 11 is 0. The summed E-state index contributed by atoms with van der Waals surface area (Å²) in [7, 11) is 1.63. The number of aromatic nitrogens is 1. The van der Waals surface area contributed by atoms with E-state index < -0.39 is 11.0 Å². The van der Waals surface area contributed by atoms with Gasteiger partial charge in [0.15, 0.2) is 0 Å². The molecular weight excluding hydrogens is 212 g/mol. The van der Waals surface area contributed by atoms with Crippen LogP contribution in [0.25, 0.3) is 0 Å². The second kappa shape index (κ2) is 5.26. The Hall–Kier alpha value is -1.89.